The maximum atomic E-state index is 13.1. The number of benzene rings is 2. The van der Waals surface area contributed by atoms with Crippen LogP contribution in [0.15, 0.2) is 67.0 Å². The number of aryl methyl sites for hydroxylation is 1. The summed E-state index contributed by atoms with van der Waals surface area (Å²) in [6.45, 7) is 2.91. The Balaban J connectivity index is 1.61. The number of nitrogens with zero attached hydrogens (tertiary/aromatic N) is 3. The van der Waals surface area contributed by atoms with Crippen molar-refractivity contribution in [3.8, 4) is 5.69 Å². The van der Waals surface area contributed by atoms with Crippen LogP contribution in [0, 0.1) is 6.92 Å². The normalized spacial score (nSPS) is 16.9. The zero-order valence-electron chi connectivity index (χ0n) is 15.0. The van der Waals surface area contributed by atoms with Gasteiger partial charge in [-0.25, -0.2) is 4.68 Å². The second kappa shape index (κ2) is 7.07. The lowest BCUT2D eigenvalue weighted by Crippen LogP contribution is -2.52. The maximum Gasteiger partial charge on any atom is 0.254 e. The Labute approximate surface area is 157 Å². The fraction of sp³-hybridized carbons (Fsp3) is 0.190. The second-order valence-electron chi connectivity index (χ2n) is 6.61. The Morgan fingerprint density at radius 2 is 1.85 bits per heavy atom. The quantitative estimate of drug-likeness (QED) is 0.780. The third kappa shape index (κ3) is 3.33. The van der Waals surface area contributed by atoms with E-state index >= 15 is 0 Å². The molecule has 1 aliphatic heterocycles. The van der Waals surface area contributed by atoms with Gasteiger partial charge in [0.15, 0.2) is 0 Å². The van der Waals surface area contributed by atoms with E-state index in [-0.39, 0.29) is 11.8 Å². The van der Waals surface area contributed by atoms with E-state index in [9.17, 15) is 9.59 Å². The zero-order valence-corrected chi connectivity index (χ0v) is 15.0. The lowest BCUT2D eigenvalue weighted by Gasteiger charge is -2.35. The summed E-state index contributed by atoms with van der Waals surface area (Å²) >= 11 is 0. The molecule has 1 aromatic heterocycles. The molecule has 2 heterocycles. The minimum atomic E-state index is -0.610. The van der Waals surface area contributed by atoms with Crippen LogP contribution in [0.3, 0.4) is 0 Å². The highest BCUT2D eigenvalue weighted by molar-refractivity contribution is 5.98. The number of nitrogens with one attached hydrogen (secondary N) is 1. The molecule has 4 rings (SSSR count). The third-order valence-electron chi connectivity index (χ3n) is 4.68. The number of aromatic nitrogens is 2. The molecular formula is C21H20N4O2. The number of carbonyl (C=O) groups is 2. The molecular weight excluding hydrogens is 340 g/mol. The molecule has 27 heavy (non-hydrogen) atoms. The van der Waals surface area contributed by atoms with E-state index < -0.39 is 6.04 Å². The Morgan fingerprint density at radius 3 is 2.52 bits per heavy atom. The molecule has 0 bridgehead atoms. The van der Waals surface area contributed by atoms with Gasteiger partial charge in [0.2, 0.25) is 5.91 Å². The predicted molar refractivity (Wildman–Crippen MR) is 102 cm³/mol. The Bertz CT molecular complexity index is 963. The second-order valence-corrected chi connectivity index (χ2v) is 6.61. The Hall–Kier alpha value is -3.41. The van der Waals surface area contributed by atoms with Crippen LogP contribution in [0.4, 0.5) is 0 Å². The van der Waals surface area contributed by atoms with Crippen molar-refractivity contribution in [1.82, 2.24) is 20.0 Å². The van der Waals surface area contributed by atoms with Crippen molar-refractivity contribution < 1.29 is 9.59 Å². The molecule has 0 unspecified atom stereocenters. The van der Waals surface area contributed by atoms with Gasteiger partial charge < -0.3 is 10.2 Å². The lowest BCUT2D eigenvalue weighted by molar-refractivity contribution is -0.128. The van der Waals surface area contributed by atoms with Gasteiger partial charge in [-0.05, 0) is 42.3 Å². The summed E-state index contributed by atoms with van der Waals surface area (Å²) in [5, 5.41) is 7.14. The third-order valence-corrected chi connectivity index (χ3v) is 4.68. The largest absolute Gasteiger partial charge is 0.352 e. The molecule has 2 amide bonds. The van der Waals surface area contributed by atoms with Crippen molar-refractivity contribution in [1.29, 1.82) is 0 Å². The molecule has 1 N–H and O–H groups in total. The van der Waals surface area contributed by atoms with Crippen LogP contribution in [0.1, 0.15) is 27.5 Å². The number of piperazine rings is 1. The number of amides is 2. The minimum Gasteiger partial charge on any atom is -0.352 e. The first-order chi connectivity index (χ1) is 13.1. The molecule has 6 nitrogen and oxygen atoms in total. The molecule has 0 aliphatic carbocycles. The smallest absolute Gasteiger partial charge is 0.254 e. The van der Waals surface area contributed by atoms with Gasteiger partial charge in [-0.1, -0.05) is 30.3 Å². The van der Waals surface area contributed by atoms with Crippen LogP contribution >= 0.6 is 0 Å². The number of rotatable bonds is 3. The van der Waals surface area contributed by atoms with Gasteiger partial charge in [-0.3, -0.25) is 9.59 Å². The molecule has 2 aromatic carbocycles. The van der Waals surface area contributed by atoms with Crippen LogP contribution in [0.25, 0.3) is 5.69 Å². The van der Waals surface area contributed by atoms with Gasteiger partial charge in [0.25, 0.3) is 5.91 Å². The molecule has 1 saturated heterocycles. The first-order valence-corrected chi connectivity index (χ1v) is 8.89. The highest BCUT2D eigenvalue weighted by atomic mass is 16.2. The van der Waals surface area contributed by atoms with E-state index in [1.54, 1.807) is 27.9 Å². The van der Waals surface area contributed by atoms with E-state index in [0.29, 0.717) is 18.7 Å². The van der Waals surface area contributed by atoms with Crippen LogP contribution in [-0.4, -0.2) is 39.6 Å². The average Bonchev–Trinajstić information content (AvgIpc) is 3.14. The molecule has 1 atom stereocenters. The van der Waals surface area contributed by atoms with Crippen molar-refractivity contribution in [2.45, 2.75) is 13.0 Å². The van der Waals surface area contributed by atoms with Crippen molar-refractivity contribution in [3.63, 3.8) is 0 Å². The molecule has 136 valence electrons. The van der Waals surface area contributed by atoms with E-state index in [1.165, 1.54) is 0 Å². The van der Waals surface area contributed by atoms with Gasteiger partial charge in [-0.15, -0.1) is 0 Å². The molecule has 0 spiro atoms. The summed E-state index contributed by atoms with van der Waals surface area (Å²) in [7, 11) is 0. The summed E-state index contributed by atoms with van der Waals surface area (Å²) < 4.78 is 1.77. The van der Waals surface area contributed by atoms with E-state index in [2.05, 4.69) is 10.4 Å². The summed E-state index contributed by atoms with van der Waals surface area (Å²) in [5.74, 6) is -0.300. The zero-order chi connectivity index (χ0) is 18.8. The van der Waals surface area contributed by atoms with Gasteiger partial charge in [-0.2, -0.15) is 5.10 Å². The summed E-state index contributed by atoms with van der Waals surface area (Å²) in [6, 6.07) is 16.1. The van der Waals surface area contributed by atoms with Gasteiger partial charge in [0.05, 0.1) is 11.9 Å². The van der Waals surface area contributed by atoms with Crippen molar-refractivity contribution in [2.24, 2.45) is 0 Å². The van der Waals surface area contributed by atoms with Crippen molar-refractivity contribution in [2.75, 3.05) is 13.1 Å². The number of hydrogen-bond donors (Lipinski definition) is 1. The molecule has 0 radical (unpaired) electrons. The topological polar surface area (TPSA) is 67.2 Å². The molecule has 0 saturated carbocycles. The highest BCUT2D eigenvalue weighted by Crippen LogP contribution is 2.25. The lowest BCUT2D eigenvalue weighted by atomic mass is 10.0. The summed E-state index contributed by atoms with van der Waals surface area (Å²) in [6.07, 6.45) is 3.72. The van der Waals surface area contributed by atoms with E-state index in [4.69, 9.17) is 0 Å². The molecule has 1 fully saturated rings. The molecule has 6 heteroatoms. The number of carbonyl (C=O) groups excluding carboxylic acids is 2. The van der Waals surface area contributed by atoms with Crippen LogP contribution in [0.2, 0.25) is 0 Å². The van der Waals surface area contributed by atoms with Gasteiger partial charge >= 0.3 is 0 Å². The highest BCUT2D eigenvalue weighted by Gasteiger charge is 2.34. The minimum absolute atomic E-state index is 0.149. The standard InChI is InChI=1S/C21H20N4O2/c1-15-13-23-25(14-15)18-9-7-17(8-10-18)21(27)24-12-11-22-20(26)19(24)16-5-3-2-4-6-16/h2-10,13-14,19H,11-12H2,1H3,(H,22,26)/t19-/m0/s1. The summed E-state index contributed by atoms with van der Waals surface area (Å²) in [4.78, 5) is 27.2. The fourth-order valence-electron chi connectivity index (χ4n) is 3.33. The SMILES string of the molecule is Cc1cnn(-c2ccc(C(=O)N3CCNC(=O)[C@@H]3c3ccccc3)cc2)c1. The maximum absolute atomic E-state index is 13.1. The fourth-order valence-corrected chi connectivity index (χ4v) is 3.33. The monoisotopic (exact) mass is 360 g/mol. The van der Waals surface area contributed by atoms with Gasteiger partial charge in [0, 0.05) is 24.8 Å². The predicted octanol–water partition coefficient (Wildman–Crippen LogP) is 2.49. The van der Waals surface area contributed by atoms with E-state index in [0.717, 1.165) is 16.8 Å². The van der Waals surface area contributed by atoms with E-state index in [1.807, 2.05) is 55.6 Å². The first-order valence-electron chi connectivity index (χ1n) is 8.89. The van der Waals surface area contributed by atoms with Crippen LogP contribution in [-0.2, 0) is 4.79 Å². The number of hydrogen-bond acceptors (Lipinski definition) is 3. The molecule has 1 aliphatic rings. The Kier molecular flexibility index (Phi) is 4.46. The van der Waals surface area contributed by atoms with Crippen molar-refractivity contribution in [3.05, 3.63) is 83.7 Å². The van der Waals surface area contributed by atoms with Crippen LogP contribution in [0.5, 0.6) is 0 Å². The average molecular weight is 360 g/mol. The van der Waals surface area contributed by atoms with Crippen LogP contribution < -0.4 is 5.32 Å². The summed E-state index contributed by atoms with van der Waals surface area (Å²) in [5.41, 5.74) is 3.32. The Morgan fingerprint density at radius 1 is 1.11 bits per heavy atom. The first kappa shape index (κ1) is 17.0. The van der Waals surface area contributed by atoms with Gasteiger partial charge in [0.1, 0.15) is 6.04 Å². The molecule has 3 aromatic rings. The van der Waals surface area contributed by atoms with Crippen molar-refractivity contribution >= 4 is 11.8 Å².